The average molecular weight is 317 g/mol. The standard InChI is InChI=1S/C15H9ClN2O2S/c16-11-3-1-2-4-13(11)21-14-10-6-5-9(15(19)20)7-12(10)17-8-18-14/h1-8H,(H,19,20). The lowest BCUT2D eigenvalue weighted by Gasteiger charge is -2.06. The van der Waals surface area contributed by atoms with Crippen LogP contribution in [0.25, 0.3) is 10.9 Å². The minimum atomic E-state index is -0.976. The van der Waals surface area contributed by atoms with E-state index in [4.69, 9.17) is 16.7 Å². The third-order valence-corrected chi connectivity index (χ3v) is 4.43. The van der Waals surface area contributed by atoms with Crippen molar-refractivity contribution in [2.24, 2.45) is 0 Å². The Morgan fingerprint density at radius 2 is 1.95 bits per heavy atom. The summed E-state index contributed by atoms with van der Waals surface area (Å²) in [6.45, 7) is 0. The molecule has 0 saturated carbocycles. The quantitative estimate of drug-likeness (QED) is 0.736. The molecule has 104 valence electrons. The minimum absolute atomic E-state index is 0.204. The van der Waals surface area contributed by atoms with E-state index in [9.17, 15) is 4.79 Å². The predicted octanol–water partition coefficient (Wildman–Crippen LogP) is 4.13. The summed E-state index contributed by atoms with van der Waals surface area (Å²) in [7, 11) is 0. The Morgan fingerprint density at radius 3 is 2.71 bits per heavy atom. The molecule has 0 fully saturated rings. The lowest BCUT2D eigenvalue weighted by molar-refractivity contribution is 0.0697. The van der Waals surface area contributed by atoms with Crippen molar-refractivity contribution in [3.63, 3.8) is 0 Å². The highest BCUT2D eigenvalue weighted by molar-refractivity contribution is 7.99. The molecule has 0 amide bonds. The number of halogens is 1. The summed E-state index contributed by atoms with van der Waals surface area (Å²) in [5.41, 5.74) is 0.800. The molecule has 0 spiro atoms. The molecule has 2 aromatic carbocycles. The molecule has 0 aliphatic rings. The van der Waals surface area contributed by atoms with Crippen LogP contribution in [0, 0.1) is 0 Å². The number of carbonyl (C=O) groups is 1. The predicted molar refractivity (Wildman–Crippen MR) is 82.1 cm³/mol. The number of carboxylic acid groups (broad SMARTS) is 1. The van der Waals surface area contributed by atoms with Crippen LogP contribution in [0.3, 0.4) is 0 Å². The summed E-state index contributed by atoms with van der Waals surface area (Å²) < 4.78 is 0. The van der Waals surface area contributed by atoms with Gasteiger partial charge in [-0.15, -0.1) is 0 Å². The van der Waals surface area contributed by atoms with Gasteiger partial charge >= 0.3 is 5.97 Å². The van der Waals surface area contributed by atoms with Gasteiger partial charge in [-0.1, -0.05) is 35.5 Å². The Morgan fingerprint density at radius 1 is 1.14 bits per heavy atom. The van der Waals surface area contributed by atoms with E-state index < -0.39 is 5.97 Å². The molecule has 3 aromatic rings. The zero-order valence-electron chi connectivity index (χ0n) is 10.7. The molecule has 0 saturated heterocycles. The van der Waals surface area contributed by atoms with Crippen molar-refractivity contribution >= 4 is 40.2 Å². The van der Waals surface area contributed by atoms with Crippen LogP contribution >= 0.6 is 23.4 Å². The first-order valence-corrected chi connectivity index (χ1v) is 7.25. The van der Waals surface area contributed by atoms with Gasteiger partial charge in [0.2, 0.25) is 0 Å². The number of nitrogens with zero attached hydrogens (tertiary/aromatic N) is 2. The second kappa shape index (κ2) is 5.71. The van der Waals surface area contributed by atoms with Gasteiger partial charge in [0.1, 0.15) is 11.4 Å². The van der Waals surface area contributed by atoms with Gasteiger partial charge in [-0.3, -0.25) is 0 Å². The third-order valence-electron chi connectivity index (χ3n) is 2.89. The van der Waals surface area contributed by atoms with E-state index in [1.807, 2.05) is 24.3 Å². The van der Waals surface area contributed by atoms with Crippen LogP contribution in [0.2, 0.25) is 5.02 Å². The lowest BCUT2D eigenvalue weighted by atomic mass is 10.1. The van der Waals surface area contributed by atoms with Crippen LogP contribution in [0.15, 0.2) is 58.7 Å². The summed E-state index contributed by atoms with van der Waals surface area (Å²) in [5, 5.41) is 11.2. The highest BCUT2D eigenvalue weighted by Crippen LogP contribution is 2.35. The number of benzene rings is 2. The van der Waals surface area contributed by atoms with Crippen molar-refractivity contribution in [1.29, 1.82) is 0 Å². The second-order valence-electron chi connectivity index (χ2n) is 4.25. The van der Waals surface area contributed by atoms with Gasteiger partial charge in [0, 0.05) is 10.3 Å². The fourth-order valence-electron chi connectivity index (χ4n) is 1.88. The first-order valence-electron chi connectivity index (χ1n) is 6.05. The average Bonchev–Trinajstić information content (AvgIpc) is 2.49. The van der Waals surface area contributed by atoms with E-state index in [0.29, 0.717) is 10.5 Å². The smallest absolute Gasteiger partial charge is 0.335 e. The molecule has 0 radical (unpaired) electrons. The third kappa shape index (κ3) is 2.84. The molecule has 1 heterocycles. The van der Waals surface area contributed by atoms with E-state index in [1.54, 1.807) is 12.1 Å². The van der Waals surface area contributed by atoms with Gasteiger partial charge in [0.15, 0.2) is 0 Å². The summed E-state index contributed by atoms with van der Waals surface area (Å²) >= 11 is 7.58. The normalized spacial score (nSPS) is 10.7. The fourth-order valence-corrected chi connectivity index (χ4v) is 3.03. The van der Waals surface area contributed by atoms with E-state index in [1.165, 1.54) is 24.2 Å². The molecule has 0 bridgehead atoms. The monoisotopic (exact) mass is 316 g/mol. The number of fused-ring (bicyclic) bond motifs is 1. The Hall–Kier alpha value is -2.11. The highest BCUT2D eigenvalue weighted by atomic mass is 35.5. The largest absolute Gasteiger partial charge is 0.478 e. The maximum Gasteiger partial charge on any atom is 0.335 e. The van der Waals surface area contributed by atoms with Gasteiger partial charge in [0.25, 0.3) is 0 Å². The van der Waals surface area contributed by atoms with Crippen molar-refractivity contribution in [1.82, 2.24) is 9.97 Å². The molecule has 1 N–H and O–H groups in total. The molecule has 3 rings (SSSR count). The topological polar surface area (TPSA) is 63.1 Å². The molecule has 6 heteroatoms. The summed E-state index contributed by atoms with van der Waals surface area (Å²) in [4.78, 5) is 20.3. The SMILES string of the molecule is O=C(O)c1ccc2c(Sc3ccccc3Cl)ncnc2c1. The first-order chi connectivity index (χ1) is 10.1. The van der Waals surface area contributed by atoms with Gasteiger partial charge in [-0.05, 0) is 30.3 Å². The Labute approximate surface area is 129 Å². The van der Waals surface area contributed by atoms with Crippen LogP contribution in [0.1, 0.15) is 10.4 Å². The molecule has 0 unspecified atom stereocenters. The molecule has 0 aliphatic carbocycles. The van der Waals surface area contributed by atoms with Crippen molar-refractivity contribution in [3.05, 3.63) is 59.4 Å². The van der Waals surface area contributed by atoms with Crippen molar-refractivity contribution in [2.75, 3.05) is 0 Å². The van der Waals surface area contributed by atoms with E-state index in [-0.39, 0.29) is 5.56 Å². The molecule has 4 nitrogen and oxygen atoms in total. The van der Waals surface area contributed by atoms with E-state index in [0.717, 1.165) is 15.3 Å². The number of aromatic nitrogens is 2. The zero-order chi connectivity index (χ0) is 14.8. The fraction of sp³-hybridized carbons (Fsp3) is 0. The van der Waals surface area contributed by atoms with Crippen LogP contribution in [0.4, 0.5) is 0 Å². The summed E-state index contributed by atoms with van der Waals surface area (Å²) in [6.07, 6.45) is 1.42. The van der Waals surface area contributed by atoms with Crippen molar-refractivity contribution < 1.29 is 9.90 Å². The number of hydrogen-bond acceptors (Lipinski definition) is 4. The molecule has 21 heavy (non-hydrogen) atoms. The molecular formula is C15H9ClN2O2S. The second-order valence-corrected chi connectivity index (χ2v) is 5.69. The van der Waals surface area contributed by atoms with Gasteiger partial charge < -0.3 is 5.11 Å². The lowest BCUT2D eigenvalue weighted by Crippen LogP contribution is -1.97. The molecule has 1 aromatic heterocycles. The summed E-state index contributed by atoms with van der Waals surface area (Å²) in [6, 6.07) is 12.3. The molecule has 0 aliphatic heterocycles. The van der Waals surface area contributed by atoms with Crippen LogP contribution < -0.4 is 0 Å². The van der Waals surface area contributed by atoms with Gasteiger partial charge in [-0.25, -0.2) is 14.8 Å². The maximum absolute atomic E-state index is 11.0. The Kier molecular flexibility index (Phi) is 3.77. The number of carboxylic acids is 1. The number of rotatable bonds is 3. The van der Waals surface area contributed by atoms with Crippen LogP contribution in [0.5, 0.6) is 0 Å². The number of aromatic carboxylic acids is 1. The molecule has 0 atom stereocenters. The Bertz CT molecular complexity index is 839. The summed E-state index contributed by atoms with van der Waals surface area (Å²) in [5.74, 6) is -0.976. The van der Waals surface area contributed by atoms with Crippen molar-refractivity contribution in [3.8, 4) is 0 Å². The van der Waals surface area contributed by atoms with E-state index in [2.05, 4.69) is 9.97 Å². The maximum atomic E-state index is 11.0. The Balaban J connectivity index is 2.07. The zero-order valence-corrected chi connectivity index (χ0v) is 12.2. The minimum Gasteiger partial charge on any atom is -0.478 e. The van der Waals surface area contributed by atoms with Crippen molar-refractivity contribution in [2.45, 2.75) is 9.92 Å². The van der Waals surface area contributed by atoms with E-state index >= 15 is 0 Å². The first kappa shape index (κ1) is 13.9. The van der Waals surface area contributed by atoms with Crippen LogP contribution in [-0.2, 0) is 0 Å². The highest BCUT2D eigenvalue weighted by Gasteiger charge is 2.10. The van der Waals surface area contributed by atoms with Crippen LogP contribution in [-0.4, -0.2) is 21.0 Å². The number of hydrogen-bond donors (Lipinski definition) is 1. The van der Waals surface area contributed by atoms with Gasteiger partial charge in [-0.2, -0.15) is 0 Å². The van der Waals surface area contributed by atoms with Gasteiger partial charge in [0.05, 0.1) is 16.1 Å². The molecular weight excluding hydrogens is 308 g/mol.